The molecular formula is C23H19FN2O2. The highest BCUT2D eigenvalue weighted by Crippen LogP contribution is 2.32. The zero-order valence-electron chi connectivity index (χ0n) is 15.6. The lowest BCUT2D eigenvalue weighted by atomic mass is 9.96. The third-order valence-corrected chi connectivity index (χ3v) is 4.86. The van der Waals surface area contributed by atoms with Crippen LogP contribution in [0, 0.1) is 5.82 Å². The average molecular weight is 374 g/mol. The zero-order valence-corrected chi connectivity index (χ0v) is 15.6. The quantitative estimate of drug-likeness (QED) is 0.638. The molecule has 1 aliphatic heterocycles. The van der Waals surface area contributed by atoms with Gasteiger partial charge in [-0.2, -0.15) is 0 Å². The van der Waals surface area contributed by atoms with Crippen molar-refractivity contribution in [3.8, 4) is 17.0 Å². The van der Waals surface area contributed by atoms with E-state index in [1.807, 2.05) is 36.4 Å². The summed E-state index contributed by atoms with van der Waals surface area (Å²) >= 11 is 0. The van der Waals surface area contributed by atoms with Crippen molar-refractivity contribution in [3.63, 3.8) is 0 Å². The fourth-order valence-corrected chi connectivity index (χ4v) is 3.40. The summed E-state index contributed by atoms with van der Waals surface area (Å²) in [6.07, 6.45) is 5.51. The van der Waals surface area contributed by atoms with Crippen LogP contribution >= 0.6 is 0 Å². The molecule has 140 valence electrons. The van der Waals surface area contributed by atoms with Crippen LogP contribution in [-0.2, 0) is 11.3 Å². The molecule has 4 nitrogen and oxygen atoms in total. The van der Waals surface area contributed by atoms with Crippen LogP contribution in [0.2, 0.25) is 0 Å². The lowest BCUT2D eigenvalue weighted by molar-refractivity contribution is -0.116. The van der Waals surface area contributed by atoms with Gasteiger partial charge >= 0.3 is 0 Å². The lowest BCUT2D eigenvalue weighted by Crippen LogP contribution is -2.29. The molecule has 2 aromatic carbocycles. The first kappa shape index (κ1) is 17.9. The molecule has 1 aromatic heterocycles. The van der Waals surface area contributed by atoms with Crippen molar-refractivity contribution < 1.29 is 13.9 Å². The summed E-state index contributed by atoms with van der Waals surface area (Å²) < 4.78 is 20.0. The molecule has 0 aliphatic carbocycles. The number of pyridine rings is 1. The lowest BCUT2D eigenvalue weighted by Gasteiger charge is -2.26. The minimum atomic E-state index is -0.350. The number of nitrogens with zero attached hydrogens (tertiary/aromatic N) is 2. The molecule has 4 rings (SSSR count). The van der Waals surface area contributed by atoms with Gasteiger partial charge in [-0.1, -0.05) is 30.4 Å². The van der Waals surface area contributed by atoms with Gasteiger partial charge < -0.3 is 9.64 Å². The van der Waals surface area contributed by atoms with Crippen molar-refractivity contribution in [2.24, 2.45) is 0 Å². The van der Waals surface area contributed by atoms with Crippen LogP contribution in [0.4, 0.5) is 10.1 Å². The number of para-hydroxylation sites is 1. The molecule has 0 radical (unpaired) electrons. The maximum atomic E-state index is 14.9. The number of hydrogen-bond donors (Lipinski definition) is 0. The summed E-state index contributed by atoms with van der Waals surface area (Å²) in [6, 6.07) is 14.5. The number of carbonyl (C=O) groups is 1. The van der Waals surface area contributed by atoms with Crippen molar-refractivity contribution in [3.05, 3.63) is 77.2 Å². The number of ether oxygens (including phenoxy) is 1. The first-order chi connectivity index (χ1) is 13.6. The molecule has 0 bridgehead atoms. The summed E-state index contributed by atoms with van der Waals surface area (Å²) in [5.74, 6) is 0.0398. The third-order valence-electron chi connectivity index (χ3n) is 4.86. The number of rotatable bonds is 2. The average Bonchev–Trinajstić information content (AvgIpc) is 2.70. The van der Waals surface area contributed by atoms with Crippen LogP contribution < -0.4 is 9.64 Å². The van der Waals surface area contributed by atoms with E-state index >= 15 is 0 Å². The van der Waals surface area contributed by atoms with E-state index < -0.39 is 0 Å². The van der Waals surface area contributed by atoms with E-state index in [2.05, 4.69) is 4.98 Å². The number of halogens is 1. The SMILES string of the molecule is COc1ccc(-c2cc3c(cc2F)CN(C(C)=O)c2ccccc2C=C3)cn1. The monoisotopic (exact) mass is 374 g/mol. The number of amides is 1. The number of hydrogen-bond acceptors (Lipinski definition) is 3. The summed E-state index contributed by atoms with van der Waals surface area (Å²) in [4.78, 5) is 18.1. The number of benzene rings is 2. The second-order valence-corrected chi connectivity index (χ2v) is 6.62. The van der Waals surface area contributed by atoms with Gasteiger partial charge in [0.1, 0.15) is 5.82 Å². The molecule has 1 amide bonds. The Morgan fingerprint density at radius 3 is 2.61 bits per heavy atom. The molecule has 0 spiro atoms. The second kappa shape index (κ2) is 7.27. The fourth-order valence-electron chi connectivity index (χ4n) is 3.40. The van der Waals surface area contributed by atoms with E-state index in [1.165, 1.54) is 20.1 Å². The Bertz CT molecular complexity index is 1070. The van der Waals surface area contributed by atoms with Crippen LogP contribution in [0.5, 0.6) is 5.88 Å². The maximum absolute atomic E-state index is 14.9. The summed E-state index contributed by atoms with van der Waals surface area (Å²) in [5, 5.41) is 0. The van der Waals surface area contributed by atoms with E-state index in [1.54, 1.807) is 29.3 Å². The van der Waals surface area contributed by atoms with Gasteiger partial charge in [-0.05, 0) is 41.0 Å². The molecule has 0 saturated carbocycles. The Balaban J connectivity index is 1.83. The van der Waals surface area contributed by atoms with E-state index in [0.29, 0.717) is 23.6 Å². The largest absolute Gasteiger partial charge is 0.481 e. The molecular weight excluding hydrogens is 355 g/mol. The molecule has 0 fully saturated rings. The Kier molecular flexibility index (Phi) is 4.65. The van der Waals surface area contributed by atoms with Crippen molar-refractivity contribution in [2.45, 2.75) is 13.5 Å². The molecule has 0 atom stereocenters. The molecule has 28 heavy (non-hydrogen) atoms. The fraction of sp³-hybridized carbons (Fsp3) is 0.130. The highest BCUT2D eigenvalue weighted by Gasteiger charge is 2.20. The van der Waals surface area contributed by atoms with Crippen LogP contribution in [-0.4, -0.2) is 18.0 Å². The van der Waals surface area contributed by atoms with Gasteiger partial charge in [-0.15, -0.1) is 0 Å². The van der Waals surface area contributed by atoms with E-state index in [9.17, 15) is 9.18 Å². The first-order valence-electron chi connectivity index (χ1n) is 8.95. The van der Waals surface area contributed by atoms with Crippen molar-refractivity contribution in [1.29, 1.82) is 0 Å². The van der Waals surface area contributed by atoms with Gasteiger partial charge in [-0.3, -0.25) is 4.79 Å². The van der Waals surface area contributed by atoms with Crippen molar-refractivity contribution in [1.82, 2.24) is 4.98 Å². The van der Waals surface area contributed by atoms with E-state index in [-0.39, 0.29) is 11.7 Å². The number of carbonyl (C=O) groups excluding carboxylic acids is 1. The van der Waals surface area contributed by atoms with E-state index in [4.69, 9.17) is 4.74 Å². The molecule has 3 aromatic rings. The second-order valence-electron chi connectivity index (χ2n) is 6.62. The minimum absolute atomic E-state index is 0.0856. The highest BCUT2D eigenvalue weighted by atomic mass is 19.1. The normalized spacial score (nSPS) is 12.6. The Morgan fingerprint density at radius 1 is 1.11 bits per heavy atom. The summed E-state index contributed by atoms with van der Waals surface area (Å²) in [6.45, 7) is 1.83. The van der Waals surface area contributed by atoms with Crippen LogP contribution in [0.25, 0.3) is 23.3 Å². The summed E-state index contributed by atoms with van der Waals surface area (Å²) in [7, 11) is 1.54. The van der Waals surface area contributed by atoms with Crippen molar-refractivity contribution >= 4 is 23.7 Å². The summed E-state index contributed by atoms with van der Waals surface area (Å²) in [5.41, 5.74) is 4.51. The van der Waals surface area contributed by atoms with Gasteiger partial charge in [0.25, 0.3) is 0 Å². The smallest absolute Gasteiger partial charge is 0.224 e. The standard InChI is InChI=1S/C23H19FN2O2/c1-15(27)26-14-19-12-21(24)20(18-9-10-23(28-2)25-13-18)11-17(19)8-7-16-5-3-4-6-22(16)26/h3-13H,14H2,1-2H3. The number of methoxy groups -OCH3 is 1. The predicted octanol–water partition coefficient (Wildman–Crippen LogP) is 4.93. The Morgan fingerprint density at radius 2 is 1.89 bits per heavy atom. The van der Waals surface area contributed by atoms with Gasteiger partial charge in [0.2, 0.25) is 11.8 Å². The van der Waals surface area contributed by atoms with Crippen LogP contribution in [0.3, 0.4) is 0 Å². The van der Waals surface area contributed by atoms with Gasteiger partial charge in [-0.25, -0.2) is 9.37 Å². The van der Waals surface area contributed by atoms with Crippen LogP contribution in [0.1, 0.15) is 23.6 Å². The van der Waals surface area contributed by atoms with Crippen LogP contribution in [0.15, 0.2) is 54.7 Å². The van der Waals surface area contributed by atoms with Gasteiger partial charge in [0.05, 0.1) is 19.3 Å². The van der Waals surface area contributed by atoms with E-state index in [0.717, 1.165) is 22.4 Å². The molecule has 2 heterocycles. The first-order valence-corrected chi connectivity index (χ1v) is 8.95. The zero-order chi connectivity index (χ0) is 19.7. The number of aromatic nitrogens is 1. The highest BCUT2D eigenvalue weighted by molar-refractivity contribution is 5.95. The Labute approximate surface area is 162 Å². The van der Waals surface area contributed by atoms with Gasteiger partial charge in [0, 0.05) is 30.3 Å². The molecule has 0 saturated heterocycles. The molecule has 0 unspecified atom stereocenters. The molecule has 5 heteroatoms. The van der Waals surface area contributed by atoms with Crippen molar-refractivity contribution in [2.75, 3.05) is 12.0 Å². The number of anilines is 1. The Hall–Kier alpha value is -3.47. The number of fused-ring (bicyclic) bond motifs is 2. The maximum Gasteiger partial charge on any atom is 0.224 e. The predicted molar refractivity (Wildman–Crippen MR) is 108 cm³/mol. The topological polar surface area (TPSA) is 42.4 Å². The third kappa shape index (κ3) is 3.27. The minimum Gasteiger partial charge on any atom is -0.481 e. The molecule has 0 N–H and O–H groups in total. The van der Waals surface area contributed by atoms with Gasteiger partial charge in [0.15, 0.2) is 0 Å². The molecule has 1 aliphatic rings.